The lowest BCUT2D eigenvalue weighted by atomic mass is 10.1. The number of alkyl halides is 3. The predicted molar refractivity (Wildman–Crippen MR) is 66.6 cm³/mol. The summed E-state index contributed by atoms with van der Waals surface area (Å²) in [5.41, 5.74) is 4.38. The van der Waals surface area contributed by atoms with E-state index in [4.69, 9.17) is 27.3 Å². The van der Waals surface area contributed by atoms with Gasteiger partial charge in [-0.05, 0) is 6.07 Å². The van der Waals surface area contributed by atoms with Gasteiger partial charge in [-0.1, -0.05) is 16.8 Å². The molecule has 0 heterocycles. The van der Waals surface area contributed by atoms with E-state index in [0.717, 1.165) is 12.1 Å². The molecule has 7 nitrogen and oxygen atoms in total. The zero-order chi connectivity index (χ0) is 16.2. The molecule has 0 aliphatic carbocycles. The van der Waals surface area contributed by atoms with Crippen LogP contribution in [0.2, 0.25) is 5.02 Å². The molecular weight excluding hydrogens is 319 g/mol. The highest BCUT2D eigenvalue weighted by atomic mass is 35.5. The Labute approximate surface area is 120 Å². The third-order valence-electron chi connectivity index (χ3n) is 2.39. The summed E-state index contributed by atoms with van der Waals surface area (Å²) in [6, 6.07) is 3.18. The number of ether oxygens (including phenoxy) is 1. The summed E-state index contributed by atoms with van der Waals surface area (Å²) < 4.78 is 42.8. The molecule has 0 saturated carbocycles. The second-order valence-electron chi connectivity index (χ2n) is 3.80. The zero-order valence-corrected chi connectivity index (χ0v) is 10.9. The molecule has 21 heavy (non-hydrogen) atoms. The number of rotatable bonds is 5. The van der Waals surface area contributed by atoms with Crippen LogP contribution in [0, 0.1) is 16.0 Å². The molecule has 0 radical (unpaired) electrons. The molecule has 1 rings (SSSR count). The van der Waals surface area contributed by atoms with Crippen molar-refractivity contribution in [2.24, 2.45) is 16.8 Å². The first-order chi connectivity index (χ1) is 9.66. The average molecular weight is 328 g/mol. The molecule has 116 valence electrons. The number of nitrogens with zero attached hydrogens (tertiary/aromatic N) is 2. The summed E-state index contributed by atoms with van der Waals surface area (Å²) in [4.78, 5) is 9.90. The minimum atomic E-state index is -4.84. The molecule has 0 bridgehead atoms. The fourth-order valence-corrected chi connectivity index (χ4v) is 1.51. The van der Waals surface area contributed by atoms with Crippen LogP contribution in [0.3, 0.4) is 0 Å². The van der Waals surface area contributed by atoms with Crippen LogP contribution in [0.15, 0.2) is 23.4 Å². The number of halogens is 4. The van der Waals surface area contributed by atoms with Crippen LogP contribution in [-0.4, -0.2) is 28.7 Å². The van der Waals surface area contributed by atoms with Crippen molar-refractivity contribution in [2.75, 3.05) is 6.61 Å². The van der Waals surface area contributed by atoms with E-state index in [1.807, 2.05) is 0 Å². The fourth-order valence-electron chi connectivity index (χ4n) is 1.34. The first-order valence-corrected chi connectivity index (χ1v) is 5.65. The minimum Gasteiger partial charge on any atom is -0.486 e. The molecule has 1 unspecified atom stereocenters. The van der Waals surface area contributed by atoms with Gasteiger partial charge >= 0.3 is 11.9 Å². The first-order valence-electron chi connectivity index (χ1n) is 5.27. The molecule has 3 N–H and O–H groups in total. The Morgan fingerprint density at radius 1 is 1.57 bits per heavy atom. The van der Waals surface area contributed by atoms with Crippen LogP contribution >= 0.6 is 11.6 Å². The molecule has 1 aromatic carbocycles. The Bertz CT molecular complexity index is 565. The minimum absolute atomic E-state index is 0.0444. The smallest absolute Gasteiger partial charge is 0.402 e. The normalized spacial score (nSPS) is 13.8. The number of nitrogens with two attached hydrogens (primary N) is 1. The van der Waals surface area contributed by atoms with Gasteiger partial charge in [-0.2, -0.15) is 13.2 Å². The molecule has 0 saturated heterocycles. The number of hydrogen-bond donors (Lipinski definition) is 2. The Balaban J connectivity index is 3.01. The van der Waals surface area contributed by atoms with Crippen LogP contribution in [-0.2, 0) is 0 Å². The van der Waals surface area contributed by atoms with Crippen molar-refractivity contribution in [3.63, 3.8) is 0 Å². The van der Waals surface area contributed by atoms with Gasteiger partial charge in [0, 0.05) is 17.2 Å². The van der Waals surface area contributed by atoms with Gasteiger partial charge in [0.1, 0.15) is 12.5 Å². The summed E-state index contributed by atoms with van der Waals surface area (Å²) in [6.07, 6.45) is -4.84. The third-order valence-corrected chi connectivity index (χ3v) is 2.63. The van der Waals surface area contributed by atoms with Crippen LogP contribution < -0.4 is 10.5 Å². The van der Waals surface area contributed by atoms with Crippen LogP contribution in [0.5, 0.6) is 5.75 Å². The van der Waals surface area contributed by atoms with Crippen LogP contribution in [0.25, 0.3) is 0 Å². The fraction of sp³-hybridized carbons (Fsp3) is 0.300. The van der Waals surface area contributed by atoms with Crippen molar-refractivity contribution in [3.05, 3.63) is 33.3 Å². The van der Waals surface area contributed by atoms with Crippen molar-refractivity contribution in [3.8, 4) is 5.75 Å². The maximum absolute atomic E-state index is 12.7. The molecule has 1 aromatic rings. The topological polar surface area (TPSA) is 111 Å². The van der Waals surface area contributed by atoms with Gasteiger partial charge in [-0.25, -0.2) is 0 Å². The Morgan fingerprint density at radius 3 is 2.67 bits per heavy atom. The van der Waals surface area contributed by atoms with E-state index in [2.05, 4.69) is 5.16 Å². The van der Waals surface area contributed by atoms with Crippen molar-refractivity contribution >= 4 is 23.1 Å². The highest BCUT2D eigenvalue weighted by Crippen LogP contribution is 2.32. The number of amidine groups is 1. The number of oxime groups is 1. The Hall–Kier alpha value is -2.23. The summed E-state index contributed by atoms with van der Waals surface area (Å²) in [5, 5.41) is 21.4. The Kier molecular flexibility index (Phi) is 5.19. The molecular formula is C10H9ClF3N3O4. The van der Waals surface area contributed by atoms with Gasteiger partial charge in [0.05, 0.1) is 4.92 Å². The lowest BCUT2D eigenvalue weighted by Crippen LogP contribution is -2.40. The first kappa shape index (κ1) is 16.8. The highest BCUT2D eigenvalue weighted by molar-refractivity contribution is 6.30. The number of benzene rings is 1. The quantitative estimate of drug-likeness (QED) is 0.284. The van der Waals surface area contributed by atoms with Gasteiger partial charge < -0.3 is 15.7 Å². The monoisotopic (exact) mass is 327 g/mol. The summed E-state index contributed by atoms with van der Waals surface area (Å²) in [7, 11) is 0. The lowest BCUT2D eigenvalue weighted by Gasteiger charge is -2.19. The van der Waals surface area contributed by atoms with E-state index in [0.29, 0.717) is 0 Å². The van der Waals surface area contributed by atoms with Gasteiger partial charge in [-0.15, -0.1) is 0 Å². The summed E-state index contributed by atoms with van der Waals surface area (Å²) >= 11 is 5.60. The molecule has 0 fully saturated rings. The maximum atomic E-state index is 12.7. The number of hydrogen-bond acceptors (Lipinski definition) is 5. The Morgan fingerprint density at radius 2 is 2.19 bits per heavy atom. The second kappa shape index (κ2) is 6.48. The van der Waals surface area contributed by atoms with Gasteiger partial charge in [0.15, 0.2) is 11.6 Å². The van der Waals surface area contributed by atoms with Crippen molar-refractivity contribution in [1.29, 1.82) is 0 Å². The molecule has 1 atom stereocenters. The van der Waals surface area contributed by atoms with Gasteiger partial charge in [-0.3, -0.25) is 10.1 Å². The largest absolute Gasteiger partial charge is 0.486 e. The SMILES string of the molecule is N/C(=N/O)C(COc1cc(Cl)ccc1[N+](=O)[O-])C(F)(F)F. The molecule has 0 aliphatic rings. The zero-order valence-electron chi connectivity index (χ0n) is 10.2. The molecule has 0 aliphatic heterocycles. The van der Waals surface area contributed by atoms with E-state index in [1.165, 1.54) is 6.07 Å². The average Bonchev–Trinajstić information content (AvgIpc) is 2.36. The standard InChI is InChI=1S/C10H9ClF3N3O4/c11-5-1-2-7(17(19)20)8(3-5)21-4-6(9(15)16-18)10(12,13)14/h1-3,6,18H,4H2,(H2,15,16). The van der Waals surface area contributed by atoms with Crippen molar-refractivity contribution in [2.45, 2.75) is 6.18 Å². The third kappa shape index (κ3) is 4.38. The highest BCUT2D eigenvalue weighted by Gasteiger charge is 2.43. The molecule has 11 heteroatoms. The molecule has 0 aromatic heterocycles. The van der Waals surface area contributed by atoms with Gasteiger partial charge in [0.25, 0.3) is 0 Å². The van der Waals surface area contributed by atoms with Gasteiger partial charge in [0.2, 0.25) is 0 Å². The molecule has 0 amide bonds. The maximum Gasteiger partial charge on any atom is 0.402 e. The summed E-state index contributed by atoms with van der Waals surface area (Å²) in [5.74, 6) is -3.99. The van der Waals surface area contributed by atoms with Crippen LogP contribution in [0.1, 0.15) is 0 Å². The number of nitro benzene ring substituents is 1. The van der Waals surface area contributed by atoms with E-state index < -0.39 is 40.9 Å². The predicted octanol–water partition coefficient (Wildman–Crippen LogP) is 2.55. The molecule has 0 spiro atoms. The second-order valence-corrected chi connectivity index (χ2v) is 4.24. The van der Waals surface area contributed by atoms with E-state index in [-0.39, 0.29) is 5.02 Å². The lowest BCUT2D eigenvalue weighted by molar-refractivity contribution is -0.386. The number of nitro groups is 1. The van der Waals surface area contributed by atoms with E-state index in [1.54, 1.807) is 0 Å². The van der Waals surface area contributed by atoms with Crippen molar-refractivity contribution in [1.82, 2.24) is 0 Å². The van der Waals surface area contributed by atoms with Crippen molar-refractivity contribution < 1.29 is 28.0 Å². The van der Waals surface area contributed by atoms with E-state index >= 15 is 0 Å². The van der Waals surface area contributed by atoms with E-state index in [9.17, 15) is 23.3 Å². The summed E-state index contributed by atoms with van der Waals surface area (Å²) in [6.45, 7) is -1.10. The van der Waals surface area contributed by atoms with Crippen LogP contribution in [0.4, 0.5) is 18.9 Å².